The van der Waals surface area contributed by atoms with Crippen molar-refractivity contribution < 1.29 is 14.4 Å². The summed E-state index contributed by atoms with van der Waals surface area (Å²) in [5.74, 6) is -0.635. The summed E-state index contributed by atoms with van der Waals surface area (Å²) in [5.41, 5.74) is 0.885. The van der Waals surface area contributed by atoms with Crippen molar-refractivity contribution in [3.63, 3.8) is 0 Å². The number of oxime groups is 1. The van der Waals surface area contributed by atoms with Crippen LogP contribution in [-0.4, -0.2) is 17.5 Å². The van der Waals surface area contributed by atoms with Crippen LogP contribution in [0, 0.1) is 3.57 Å². The molecule has 0 saturated carbocycles. The van der Waals surface area contributed by atoms with Crippen LogP contribution in [0.2, 0.25) is 0 Å². The Morgan fingerprint density at radius 1 is 1.11 bits per heavy atom. The molecule has 0 fully saturated rings. The summed E-state index contributed by atoms with van der Waals surface area (Å²) >= 11 is 2.05. The Bertz CT molecular complexity index is 570. The van der Waals surface area contributed by atoms with Crippen LogP contribution in [0.5, 0.6) is 0 Å². The maximum absolute atomic E-state index is 11.7. The van der Waals surface area contributed by atoms with Crippen molar-refractivity contribution in [1.29, 1.82) is 0 Å². The SMILES string of the molecule is O=C1C=CC(=NOC(=O)c2ccccc2I)C=C1. The largest absolute Gasteiger partial charge is 0.366 e. The topological polar surface area (TPSA) is 55.7 Å². The molecule has 0 N–H and O–H groups in total. The average molecular weight is 353 g/mol. The molecule has 18 heavy (non-hydrogen) atoms. The van der Waals surface area contributed by atoms with Gasteiger partial charge < -0.3 is 4.84 Å². The first-order valence-electron chi connectivity index (χ1n) is 5.11. The lowest BCUT2D eigenvalue weighted by Crippen LogP contribution is -2.06. The molecule has 0 amide bonds. The Morgan fingerprint density at radius 3 is 2.44 bits per heavy atom. The van der Waals surface area contributed by atoms with Crippen LogP contribution in [0.25, 0.3) is 0 Å². The monoisotopic (exact) mass is 353 g/mol. The van der Waals surface area contributed by atoms with E-state index < -0.39 is 5.97 Å². The van der Waals surface area contributed by atoms with Crippen LogP contribution in [0.4, 0.5) is 0 Å². The van der Waals surface area contributed by atoms with Gasteiger partial charge in [-0.1, -0.05) is 17.3 Å². The van der Waals surface area contributed by atoms with E-state index in [1.54, 1.807) is 12.1 Å². The van der Waals surface area contributed by atoms with Crippen molar-refractivity contribution in [2.45, 2.75) is 0 Å². The molecule has 0 bridgehead atoms. The first-order valence-corrected chi connectivity index (χ1v) is 6.19. The van der Waals surface area contributed by atoms with Gasteiger partial charge in [-0.2, -0.15) is 0 Å². The second kappa shape index (κ2) is 5.72. The van der Waals surface area contributed by atoms with Crippen LogP contribution >= 0.6 is 22.6 Å². The minimum Gasteiger partial charge on any atom is -0.312 e. The molecule has 1 aromatic rings. The lowest BCUT2D eigenvalue weighted by molar-refractivity contribution is -0.110. The van der Waals surface area contributed by atoms with E-state index in [-0.39, 0.29) is 5.78 Å². The highest BCUT2D eigenvalue weighted by Gasteiger charge is 2.11. The first-order chi connectivity index (χ1) is 8.66. The van der Waals surface area contributed by atoms with Gasteiger partial charge in [0.05, 0.1) is 5.56 Å². The Morgan fingerprint density at radius 2 is 1.78 bits per heavy atom. The van der Waals surface area contributed by atoms with Gasteiger partial charge in [-0.25, -0.2) is 4.79 Å². The van der Waals surface area contributed by atoms with Gasteiger partial charge in [0.2, 0.25) is 0 Å². The summed E-state index contributed by atoms with van der Waals surface area (Å²) in [6.45, 7) is 0. The maximum atomic E-state index is 11.7. The molecule has 0 aliphatic heterocycles. The number of hydrogen-bond acceptors (Lipinski definition) is 4. The molecular formula is C13H8INO3. The second-order valence-corrected chi connectivity index (χ2v) is 4.61. The lowest BCUT2D eigenvalue weighted by Gasteiger charge is -2.02. The predicted molar refractivity (Wildman–Crippen MR) is 75.3 cm³/mol. The predicted octanol–water partition coefficient (Wildman–Crippen LogP) is 2.50. The van der Waals surface area contributed by atoms with E-state index in [0.717, 1.165) is 3.57 Å². The summed E-state index contributed by atoms with van der Waals surface area (Å²) in [4.78, 5) is 27.4. The van der Waals surface area contributed by atoms with E-state index in [0.29, 0.717) is 11.3 Å². The normalized spacial score (nSPS) is 13.6. The summed E-state index contributed by atoms with van der Waals surface area (Å²) < 4.78 is 0.796. The van der Waals surface area contributed by atoms with E-state index in [1.165, 1.54) is 24.3 Å². The number of carbonyl (C=O) groups is 2. The summed E-state index contributed by atoms with van der Waals surface area (Å²) in [5, 5.41) is 3.67. The molecule has 0 spiro atoms. The van der Waals surface area contributed by atoms with E-state index in [9.17, 15) is 9.59 Å². The fourth-order valence-corrected chi connectivity index (χ4v) is 1.88. The van der Waals surface area contributed by atoms with Gasteiger partial charge in [-0.05, 0) is 59.0 Å². The number of carbonyl (C=O) groups excluding carboxylic acids is 2. The third-order valence-electron chi connectivity index (χ3n) is 2.16. The smallest absolute Gasteiger partial charge is 0.312 e. The summed E-state index contributed by atoms with van der Waals surface area (Å²) in [6, 6.07) is 7.07. The third-order valence-corrected chi connectivity index (χ3v) is 3.11. The van der Waals surface area contributed by atoms with Crippen LogP contribution < -0.4 is 0 Å². The van der Waals surface area contributed by atoms with E-state index >= 15 is 0 Å². The van der Waals surface area contributed by atoms with Gasteiger partial charge in [0.25, 0.3) is 0 Å². The number of halogens is 1. The van der Waals surface area contributed by atoms with E-state index in [1.807, 2.05) is 12.1 Å². The molecule has 0 heterocycles. The third kappa shape index (κ3) is 3.13. The summed E-state index contributed by atoms with van der Waals surface area (Å²) in [7, 11) is 0. The molecule has 0 aromatic heterocycles. The van der Waals surface area contributed by atoms with Crippen molar-refractivity contribution in [1.82, 2.24) is 0 Å². The fraction of sp³-hybridized carbons (Fsp3) is 0. The van der Waals surface area contributed by atoms with E-state index in [2.05, 4.69) is 27.7 Å². The molecule has 5 heteroatoms. The molecule has 0 unspecified atom stereocenters. The zero-order chi connectivity index (χ0) is 13.0. The number of allylic oxidation sites excluding steroid dienone is 4. The highest BCUT2D eigenvalue weighted by molar-refractivity contribution is 14.1. The van der Waals surface area contributed by atoms with Crippen molar-refractivity contribution >= 4 is 40.1 Å². The fourth-order valence-electron chi connectivity index (χ4n) is 1.28. The Balaban J connectivity index is 2.08. The van der Waals surface area contributed by atoms with Gasteiger partial charge in [-0.3, -0.25) is 4.79 Å². The van der Waals surface area contributed by atoms with Crippen LogP contribution in [0.1, 0.15) is 10.4 Å². The molecule has 1 aliphatic carbocycles. The summed E-state index contributed by atoms with van der Waals surface area (Å²) in [6.07, 6.45) is 5.70. The van der Waals surface area contributed by atoms with Gasteiger partial charge >= 0.3 is 5.97 Å². The molecule has 90 valence electrons. The second-order valence-electron chi connectivity index (χ2n) is 3.44. The van der Waals surface area contributed by atoms with Gasteiger partial charge in [0, 0.05) is 3.57 Å². The minimum atomic E-state index is -0.522. The quantitative estimate of drug-likeness (QED) is 0.355. The number of ketones is 1. The zero-order valence-electron chi connectivity index (χ0n) is 9.17. The average Bonchev–Trinajstić information content (AvgIpc) is 2.38. The molecule has 1 aliphatic rings. The van der Waals surface area contributed by atoms with Crippen molar-refractivity contribution in [2.75, 3.05) is 0 Å². The molecule has 1 aromatic carbocycles. The number of rotatable bonds is 2. The van der Waals surface area contributed by atoms with Crippen LogP contribution in [0.15, 0.2) is 53.7 Å². The van der Waals surface area contributed by atoms with Crippen molar-refractivity contribution in [3.8, 4) is 0 Å². The van der Waals surface area contributed by atoms with Crippen LogP contribution in [0.3, 0.4) is 0 Å². The molecule has 4 nitrogen and oxygen atoms in total. The standard InChI is InChI=1S/C13H8INO3/c14-12-4-2-1-3-11(12)13(17)18-15-9-5-7-10(16)8-6-9/h1-8H. The minimum absolute atomic E-state index is 0.113. The Labute approximate surface area is 117 Å². The molecule has 0 radical (unpaired) electrons. The van der Waals surface area contributed by atoms with E-state index in [4.69, 9.17) is 4.84 Å². The van der Waals surface area contributed by atoms with Gasteiger partial charge in [-0.15, -0.1) is 0 Å². The molecular weight excluding hydrogens is 345 g/mol. The van der Waals surface area contributed by atoms with Gasteiger partial charge in [0.15, 0.2) is 5.78 Å². The van der Waals surface area contributed by atoms with Crippen LogP contribution in [-0.2, 0) is 9.63 Å². The molecule has 0 atom stereocenters. The first kappa shape index (κ1) is 12.7. The van der Waals surface area contributed by atoms with Crippen molar-refractivity contribution in [3.05, 3.63) is 57.7 Å². The lowest BCUT2D eigenvalue weighted by atomic mass is 10.2. The highest BCUT2D eigenvalue weighted by Crippen LogP contribution is 2.12. The maximum Gasteiger partial charge on any atom is 0.366 e. The molecule has 2 rings (SSSR count). The Hall–Kier alpha value is -1.76. The van der Waals surface area contributed by atoms with Gasteiger partial charge in [0.1, 0.15) is 5.71 Å². The number of benzene rings is 1. The number of nitrogens with zero attached hydrogens (tertiary/aromatic N) is 1. The highest BCUT2D eigenvalue weighted by atomic mass is 127. The zero-order valence-corrected chi connectivity index (χ0v) is 11.3. The van der Waals surface area contributed by atoms with Crippen molar-refractivity contribution in [2.24, 2.45) is 5.16 Å². The Kier molecular flexibility index (Phi) is 4.03. The number of hydrogen-bond donors (Lipinski definition) is 0. The molecule has 0 saturated heterocycles.